The van der Waals surface area contributed by atoms with E-state index in [9.17, 15) is 9.50 Å². The van der Waals surface area contributed by atoms with Crippen molar-refractivity contribution in [2.45, 2.75) is 31.9 Å². The van der Waals surface area contributed by atoms with E-state index < -0.39 is 0 Å². The van der Waals surface area contributed by atoms with E-state index in [1.54, 1.807) is 19.2 Å². The molecule has 2 heterocycles. The van der Waals surface area contributed by atoms with Crippen molar-refractivity contribution in [3.05, 3.63) is 29.6 Å². The van der Waals surface area contributed by atoms with Crippen molar-refractivity contribution >= 4 is 0 Å². The molecule has 1 spiro atoms. The minimum absolute atomic E-state index is 0.0700. The zero-order valence-electron chi connectivity index (χ0n) is 13.1. The molecule has 0 amide bonds. The maximum Gasteiger partial charge on any atom is 0.131 e. The van der Waals surface area contributed by atoms with E-state index in [2.05, 4.69) is 10.2 Å². The first-order valence-electron chi connectivity index (χ1n) is 8.06. The Hall–Kier alpha value is -1.17. The van der Waals surface area contributed by atoms with Gasteiger partial charge in [-0.3, -0.25) is 4.90 Å². The van der Waals surface area contributed by atoms with Crippen LogP contribution in [0, 0.1) is 11.2 Å². The van der Waals surface area contributed by atoms with Crippen LogP contribution in [-0.2, 0) is 6.54 Å². The Labute approximate surface area is 131 Å². The van der Waals surface area contributed by atoms with E-state index in [1.807, 2.05) is 0 Å². The average molecular weight is 308 g/mol. The lowest BCUT2D eigenvalue weighted by Crippen LogP contribution is -2.57. The summed E-state index contributed by atoms with van der Waals surface area (Å²) >= 11 is 0. The van der Waals surface area contributed by atoms with Crippen LogP contribution in [0.15, 0.2) is 18.2 Å². The van der Waals surface area contributed by atoms with Gasteiger partial charge < -0.3 is 15.2 Å². The molecular weight excluding hydrogens is 283 g/mol. The van der Waals surface area contributed by atoms with Crippen LogP contribution in [-0.4, -0.2) is 49.4 Å². The summed E-state index contributed by atoms with van der Waals surface area (Å²) < 4.78 is 19.2. The molecule has 0 aromatic heterocycles. The highest BCUT2D eigenvalue weighted by molar-refractivity contribution is 5.28. The number of likely N-dealkylation sites (tertiary alicyclic amines) is 1. The number of aliphatic hydroxyl groups excluding tert-OH is 1. The third kappa shape index (κ3) is 3.12. The number of hydrogen-bond donors (Lipinski definition) is 2. The topological polar surface area (TPSA) is 44.7 Å². The van der Waals surface area contributed by atoms with Gasteiger partial charge in [-0.25, -0.2) is 4.39 Å². The first-order valence-corrected chi connectivity index (χ1v) is 8.06. The molecule has 1 aromatic rings. The Kier molecular flexibility index (Phi) is 4.66. The van der Waals surface area contributed by atoms with Gasteiger partial charge in [-0.05, 0) is 38.4 Å². The van der Waals surface area contributed by atoms with Crippen LogP contribution in [0.1, 0.15) is 24.8 Å². The van der Waals surface area contributed by atoms with Gasteiger partial charge in [0.05, 0.1) is 13.2 Å². The minimum atomic E-state index is -0.253. The molecule has 2 N–H and O–H groups in total. The number of nitrogens with one attached hydrogen (secondary N) is 1. The Balaban J connectivity index is 1.70. The van der Waals surface area contributed by atoms with E-state index in [-0.39, 0.29) is 17.3 Å². The third-order valence-electron chi connectivity index (χ3n) is 5.12. The van der Waals surface area contributed by atoms with Crippen LogP contribution in [0.25, 0.3) is 0 Å². The summed E-state index contributed by atoms with van der Waals surface area (Å²) in [6.07, 6.45) is 2.65. The van der Waals surface area contributed by atoms with Crippen molar-refractivity contribution in [3.8, 4) is 5.75 Å². The van der Waals surface area contributed by atoms with Crippen LogP contribution in [0.4, 0.5) is 4.39 Å². The van der Waals surface area contributed by atoms with Crippen molar-refractivity contribution < 1.29 is 14.2 Å². The van der Waals surface area contributed by atoms with Gasteiger partial charge in [0, 0.05) is 36.7 Å². The number of methoxy groups -OCH3 is 1. The van der Waals surface area contributed by atoms with E-state index in [4.69, 9.17) is 4.74 Å². The van der Waals surface area contributed by atoms with Crippen molar-refractivity contribution in [3.63, 3.8) is 0 Å². The van der Waals surface area contributed by atoms with Crippen LogP contribution in [0.2, 0.25) is 0 Å². The molecular formula is C17H25FN2O2. The zero-order valence-corrected chi connectivity index (χ0v) is 13.1. The Bertz CT molecular complexity index is 521. The molecule has 3 rings (SSSR count). The van der Waals surface area contributed by atoms with Gasteiger partial charge in [0.1, 0.15) is 11.6 Å². The molecule has 4 nitrogen and oxygen atoms in total. The summed E-state index contributed by atoms with van der Waals surface area (Å²) in [5.74, 6) is 0.324. The molecule has 0 saturated carbocycles. The lowest BCUT2D eigenvalue weighted by molar-refractivity contribution is -0.0516. The quantitative estimate of drug-likeness (QED) is 0.893. The molecule has 122 valence electrons. The number of nitrogens with zero attached hydrogens (tertiary/aromatic N) is 1. The normalized spacial score (nSPS) is 29.7. The van der Waals surface area contributed by atoms with Crippen molar-refractivity contribution in [1.82, 2.24) is 10.2 Å². The van der Waals surface area contributed by atoms with Gasteiger partial charge in [-0.2, -0.15) is 0 Å². The van der Waals surface area contributed by atoms with Crippen molar-refractivity contribution in [1.29, 1.82) is 0 Å². The number of benzene rings is 1. The van der Waals surface area contributed by atoms with Gasteiger partial charge in [0.15, 0.2) is 0 Å². The number of hydrogen-bond acceptors (Lipinski definition) is 4. The third-order valence-corrected chi connectivity index (χ3v) is 5.12. The maximum absolute atomic E-state index is 14.1. The van der Waals surface area contributed by atoms with Crippen LogP contribution in [0.3, 0.4) is 0 Å². The van der Waals surface area contributed by atoms with E-state index >= 15 is 0 Å². The van der Waals surface area contributed by atoms with E-state index in [0.717, 1.165) is 45.4 Å². The van der Waals surface area contributed by atoms with Gasteiger partial charge in [0.25, 0.3) is 0 Å². The fourth-order valence-corrected chi connectivity index (χ4v) is 3.83. The van der Waals surface area contributed by atoms with Gasteiger partial charge in [0.2, 0.25) is 0 Å². The second-order valence-electron chi connectivity index (χ2n) is 6.62. The highest BCUT2D eigenvalue weighted by Crippen LogP contribution is 2.36. The predicted molar refractivity (Wildman–Crippen MR) is 83.4 cm³/mol. The summed E-state index contributed by atoms with van der Waals surface area (Å²) in [4.78, 5) is 2.27. The van der Waals surface area contributed by atoms with Crippen LogP contribution < -0.4 is 10.1 Å². The monoisotopic (exact) mass is 308 g/mol. The molecule has 1 aromatic carbocycles. The first kappa shape index (κ1) is 15.7. The molecule has 0 aliphatic carbocycles. The largest absolute Gasteiger partial charge is 0.497 e. The molecule has 2 saturated heterocycles. The molecule has 0 unspecified atom stereocenters. The number of piperidine rings is 2. The number of aliphatic hydroxyl groups is 1. The smallest absolute Gasteiger partial charge is 0.131 e. The van der Waals surface area contributed by atoms with E-state index in [1.165, 1.54) is 6.07 Å². The minimum Gasteiger partial charge on any atom is -0.497 e. The fraction of sp³-hybridized carbons (Fsp3) is 0.647. The summed E-state index contributed by atoms with van der Waals surface area (Å²) in [5, 5.41) is 13.8. The molecule has 2 fully saturated rings. The highest BCUT2D eigenvalue weighted by Gasteiger charge is 2.42. The second-order valence-corrected chi connectivity index (χ2v) is 6.62. The molecule has 2 aliphatic rings. The maximum atomic E-state index is 14.1. The van der Waals surface area contributed by atoms with Gasteiger partial charge in [-0.15, -0.1) is 0 Å². The summed E-state index contributed by atoms with van der Waals surface area (Å²) in [7, 11) is 1.54. The molecule has 0 radical (unpaired) electrons. The Morgan fingerprint density at radius 2 is 2.36 bits per heavy atom. The van der Waals surface area contributed by atoms with Gasteiger partial charge in [-0.1, -0.05) is 6.07 Å². The number of ether oxygens (including phenoxy) is 1. The standard InChI is InChI=1S/C17H25FN2O2/c1-22-14-4-3-13(15(18)9-14)10-20-8-2-6-17(12-20)11-19-7-5-16(17)21/h3-4,9,16,19,21H,2,5-8,10-12H2,1H3/t16-,17-/m0/s1. The first-order chi connectivity index (χ1) is 10.6. The molecule has 2 atom stereocenters. The molecule has 5 heteroatoms. The summed E-state index contributed by atoms with van der Waals surface area (Å²) in [5.41, 5.74) is 0.621. The molecule has 0 bridgehead atoms. The lowest BCUT2D eigenvalue weighted by Gasteiger charge is -2.48. The summed E-state index contributed by atoms with van der Waals surface area (Å²) in [6, 6.07) is 5.03. The second kappa shape index (κ2) is 6.52. The lowest BCUT2D eigenvalue weighted by atomic mass is 9.72. The molecule has 2 aliphatic heterocycles. The molecule has 22 heavy (non-hydrogen) atoms. The predicted octanol–water partition coefficient (Wildman–Crippen LogP) is 1.77. The van der Waals surface area contributed by atoms with Crippen LogP contribution >= 0.6 is 0 Å². The van der Waals surface area contributed by atoms with Crippen molar-refractivity contribution in [2.24, 2.45) is 5.41 Å². The fourth-order valence-electron chi connectivity index (χ4n) is 3.83. The van der Waals surface area contributed by atoms with Crippen molar-refractivity contribution in [2.75, 3.05) is 33.3 Å². The van der Waals surface area contributed by atoms with Gasteiger partial charge >= 0.3 is 0 Å². The SMILES string of the molecule is COc1ccc(CN2CCC[C@]3(CNCC[C@@H]3O)C2)c(F)c1. The number of rotatable bonds is 3. The van der Waals surface area contributed by atoms with E-state index in [0.29, 0.717) is 17.9 Å². The average Bonchev–Trinajstić information content (AvgIpc) is 2.53. The highest BCUT2D eigenvalue weighted by atomic mass is 19.1. The Morgan fingerprint density at radius 3 is 3.09 bits per heavy atom. The number of halogens is 1. The zero-order chi connectivity index (χ0) is 15.6. The summed E-state index contributed by atoms with van der Waals surface area (Å²) in [6.45, 7) is 4.11. The Morgan fingerprint density at radius 1 is 1.50 bits per heavy atom. The van der Waals surface area contributed by atoms with Crippen LogP contribution in [0.5, 0.6) is 5.75 Å².